The number of ketones is 1. The van der Waals surface area contributed by atoms with E-state index in [0.29, 0.717) is 21.3 Å². The number of hydrogen-bond acceptors (Lipinski definition) is 12. The van der Waals surface area contributed by atoms with Crippen LogP contribution in [0.5, 0.6) is 0 Å². The molecule has 0 saturated heterocycles. The summed E-state index contributed by atoms with van der Waals surface area (Å²) in [5, 5.41) is 0. The molecule has 0 aliphatic heterocycles. The third-order valence-corrected chi connectivity index (χ3v) is 9.82. The number of carbonyl (C=O) groups is 4. The van der Waals surface area contributed by atoms with E-state index in [4.69, 9.17) is 33.2 Å². The molecular weight excluding hydrogens is 879 g/mol. The van der Waals surface area contributed by atoms with Crippen LogP contribution in [0, 0.1) is 0 Å². The number of halogens is 9. The Hall–Kier alpha value is -5.84. The second-order valence-electron chi connectivity index (χ2n) is 13.6. The summed E-state index contributed by atoms with van der Waals surface area (Å²) in [5.74, 6) is -8.14. The van der Waals surface area contributed by atoms with Crippen LogP contribution in [0.2, 0.25) is 0 Å². The number of rotatable bonds is 20. The van der Waals surface area contributed by atoms with Gasteiger partial charge >= 0.3 is 36.4 Å². The second kappa shape index (κ2) is 20.3. The Kier molecular flexibility index (Phi) is 16.1. The standard InChI is InChI=1S/C42H41F9N2O11/c1-6-61-25-53-24-30(52-33(53)26(2)54)32(64-36(57)39(60-5,42(49,50)51)29-20-14-9-15-21-29)31(63-35(56)38(59-4,41(46,47)48)28-18-12-8-13-19-28)22-23-62-34(55)37(58-3,40(43,44)45)27-16-10-7-11-17-27/h7-21,24,31-32H,6,22-23,25H2,1-5H3/t31-,32+,37?,38?,39?/m0/s1. The Labute approximate surface area is 359 Å². The molecule has 3 aromatic carbocycles. The SMILES string of the molecule is CCOCn1cc([C@@H](OC(=O)C(OC)(c2ccccc2)C(F)(F)F)[C@H](CCOC(=O)C(OC)(c2ccccc2)C(F)(F)F)OC(=O)C(OC)(c2ccccc2)C(F)(F)F)nc1C(C)=O. The summed E-state index contributed by atoms with van der Waals surface area (Å²) in [5.41, 5.74) is -15.2. The van der Waals surface area contributed by atoms with Crippen molar-refractivity contribution in [1.82, 2.24) is 9.55 Å². The van der Waals surface area contributed by atoms with Crippen molar-refractivity contribution >= 4 is 23.7 Å². The summed E-state index contributed by atoms with van der Waals surface area (Å²) < 4.78 is 172. The number of imidazole rings is 1. The zero-order valence-electron chi connectivity index (χ0n) is 34.5. The highest BCUT2D eigenvalue weighted by atomic mass is 19.4. The average Bonchev–Trinajstić information content (AvgIpc) is 3.67. The van der Waals surface area contributed by atoms with Crippen molar-refractivity contribution in [2.75, 3.05) is 34.5 Å². The van der Waals surface area contributed by atoms with Crippen molar-refractivity contribution in [3.8, 4) is 0 Å². The Morgan fingerprint density at radius 1 is 0.609 bits per heavy atom. The molecule has 4 aromatic rings. The number of hydrogen-bond donors (Lipinski definition) is 0. The second-order valence-corrected chi connectivity index (χ2v) is 13.6. The zero-order chi connectivity index (χ0) is 47.7. The number of esters is 3. The van der Waals surface area contributed by atoms with Crippen molar-refractivity contribution in [2.24, 2.45) is 0 Å². The molecule has 1 heterocycles. The molecule has 348 valence electrons. The third kappa shape index (κ3) is 9.78. The predicted molar refractivity (Wildman–Crippen MR) is 202 cm³/mol. The van der Waals surface area contributed by atoms with Crippen LogP contribution in [-0.4, -0.2) is 92.4 Å². The van der Waals surface area contributed by atoms with Gasteiger partial charge in [0.1, 0.15) is 18.5 Å². The van der Waals surface area contributed by atoms with Gasteiger partial charge in [-0.05, 0) is 6.92 Å². The van der Waals surface area contributed by atoms with Gasteiger partial charge in [-0.15, -0.1) is 0 Å². The molecule has 0 saturated carbocycles. The van der Waals surface area contributed by atoms with E-state index < -0.39 is 119 Å². The van der Waals surface area contributed by atoms with Gasteiger partial charge < -0.3 is 37.7 Å². The smallest absolute Gasteiger partial charge is 0.432 e. The number of aromatic nitrogens is 2. The first-order chi connectivity index (χ1) is 30.0. The Bertz CT molecular complexity index is 2200. The molecule has 0 bridgehead atoms. The number of carbonyl (C=O) groups excluding carboxylic acids is 4. The predicted octanol–water partition coefficient (Wildman–Crippen LogP) is 7.82. The highest BCUT2D eigenvalue weighted by molar-refractivity contribution is 5.90. The van der Waals surface area contributed by atoms with E-state index in [9.17, 15) is 32.3 Å². The molecule has 4 rings (SSSR count). The summed E-state index contributed by atoms with van der Waals surface area (Å²) in [6, 6.07) is 15.7. The lowest BCUT2D eigenvalue weighted by Crippen LogP contribution is -2.54. The van der Waals surface area contributed by atoms with E-state index in [1.165, 1.54) is 18.2 Å². The number of alkyl halides is 9. The highest BCUT2D eigenvalue weighted by Crippen LogP contribution is 2.47. The number of ether oxygens (including phenoxy) is 7. The van der Waals surface area contributed by atoms with Gasteiger partial charge in [0.25, 0.3) is 16.8 Å². The molecular formula is C42H41F9N2O11. The van der Waals surface area contributed by atoms with Gasteiger partial charge in [0, 0.05) is 64.2 Å². The maximum atomic E-state index is 15.2. The van der Waals surface area contributed by atoms with Crippen molar-refractivity contribution in [3.63, 3.8) is 0 Å². The van der Waals surface area contributed by atoms with E-state index in [1.54, 1.807) is 6.92 Å². The van der Waals surface area contributed by atoms with Crippen molar-refractivity contribution < 1.29 is 91.8 Å². The molecule has 22 heteroatoms. The van der Waals surface area contributed by atoms with Crippen LogP contribution >= 0.6 is 0 Å². The van der Waals surface area contributed by atoms with Crippen LogP contribution in [0.25, 0.3) is 0 Å². The van der Waals surface area contributed by atoms with Crippen LogP contribution < -0.4 is 0 Å². The summed E-state index contributed by atoms with van der Waals surface area (Å²) in [6.45, 7) is 0.728. The largest absolute Gasteiger partial charge is 0.463 e. The van der Waals surface area contributed by atoms with Crippen LogP contribution in [-0.2, 0) is 71.1 Å². The van der Waals surface area contributed by atoms with Crippen LogP contribution in [0.1, 0.15) is 59.4 Å². The molecule has 0 aliphatic carbocycles. The lowest BCUT2D eigenvalue weighted by atomic mass is 9.92. The van der Waals surface area contributed by atoms with E-state index in [1.807, 2.05) is 0 Å². The number of nitrogens with zero attached hydrogens (tertiary/aromatic N) is 2. The molecule has 0 amide bonds. The highest BCUT2D eigenvalue weighted by Gasteiger charge is 2.67. The van der Waals surface area contributed by atoms with E-state index in [2.05, 4.69) is 4.98 Å². The number of benzene rings is 3. The van der Waals surface area contributed by atoms with E-state index in [0.717, 1.165) is 90.5 Å². The fraction of sp³-hybridized carbons (Fsp3) is 0.405. The molecule has 0 radical (unpaired) electrons. The van der Waals surface area contributed by atoms with Crippen molar-refractivity contribution in [1.29, 1.82) is 0 Å². The third-order valence-electron chi connectivity index (χ3n) is 9.82. The van der Waals surface area contributed by atoms with Gasteiger partial charge in [0.2, 0.25) is 0 Å². The summed E-state index contributed by atoms with van der Waals surface area (Å²) >= 11 is 0. The maximum Gasteiger partial charge on any atom is 0.432 e. The molecule has 0 N–H and O–H groups in total. The number of Topliss-reactive ketones (excluding diaryl/α,β-unsaturated/α-hetero) is 1. The van der Waals surface area contributed by atoms with Crippen LogP contribution in [0.3, 0.4) is 0 Å². The first-order valence-electron chi connectivity index (χ1n) is 18.8. The minimum Gasteiger partial charge on any atom is -0.463 e. The van der Waals surface area contributed by atoms with Gasteiger partial charge in [0.05, 0.1) is 6.61 Å². The molecule has 0 aliphatic rings. The lowest BCUT2D eigenvalue weighted by molar-refractivity contribution is -0.286. The van der Waals surface area contributed by atoms with Gasteiger partial charge in [0.15, 0.2) is 17.7 Å². The quantitative estimate of drug-likeness (QED) is 0.0368. The Balaban J connectivity index is 1.98. The molecule has 13 nitrogen and oxygen atoms in total. The maximum absolute atomic E-state index is 15.2. The van der Waals surface area contributed by atoms with Crippen LogP contribution in [0.15, 0.2) is 97.2 Å². The lowest BCUT2D eigenvalue weighted by Gasteiger charge is -2.37. The Morgan fingerprint density at radius 2 is 1.00 bits per heavy atom. The molecule has 0 fully saturated rings. The van der Waals surface area contributed by atoms with E-state index in [-0.39, 0.29) is 6.61 Å². The van der Waals surface area contributed by atoms with Crippen LogP contribution in [0.4, 0.5) is 39.5 Å². The van der Waals surface area contributed by atoms with Crippen molar-refractivity contribution in [3.05, 3.63) is 125 Å². The molecule has 5 atom stereocenters. The van der Waals surface area contributed by atoms with Gasteiger partial charge in [-0.25, -0.2) is 19.4 Å². The monoisotopic (exact) mass is 920 g/mol. The normalized spacial score (nSPS) is 16.0. The minimum atomic E-state index is -5.68. The summed E-state index contributed by atoms with van der Waals surface area (Å²) in [7, 11) is 1.50. The fourth-order valence-corrected chi connectivity index (χ4v) is 6.69. The fourth-order valence-electron chi connectivity index (χ4n) is 6.69. The molecule has 0 spiro atoms. The minimum absolute atomic E-state index is 0.0216. The Morgan fingerprint density at radius 3 is 1.36 bits per heavy atom. The first kappa shape index (κ1) is 50.8. The zero-order valence-corrected chi connectivity index (χ0v) is 34.5. The van der Waals surface area contributed by atoms with Gasteiger partial charge in [-0.3, -0.25) is 4.79 Å². The molecule has 1 aromatic heterocycles. The van der Waals surface area contributed by atoms with Gasteiger partial charge in [-0.2, -0.15) is 39.5 Å². The molecule has 3 unspecified atom stereocenters. The summed E-state index contributed by atoms with van der Waals surface area (Å²) in [6.07, 6.45) is -22.4. The average molecular weight is 921 g/mol. The topological polar surface area (TPSA) is 151 Å². The molecule has 64 heavy (non-hydrogen) atoms. The van der Waals surface area contributed by atoms with Crippen molar-refractivity contribution in [2.45, 2.75) is 74.5 Å². The van der Waals surface area contributed by atoms with E-state index >= 15 is 26.3 Å². The number of methoxy groups -OCH3 is 3. The first-order valence-corrected chi connectivity index (χ1v) is 18.8. The van der Waals surface area contributed by atoms with Gasteiger partial charge in [-0.1, -0.05) is 91.0 Å². The summed E-state index contributed by atoms with van der Waals surface area (Å²) in [4.78, 5) is 58.7.